The Morgan fingerprint density at radius 1 is 0.550 bits per heavy atom. The molecule has 0 aliphatic carbocycles. The van der Waals surface area contributed by atoms with Crippen molar-refractivity contribution in [1.29, 1.82) is 0 Å². The van der Waals surface area contributed by atoms with Crippen LogP contribution in [-0.4, -0.2) is 40.2 Å². The first-order valence-corrected chi connectivity index (χ1v) is 15.8. The first-order valence-electron chi connectivity index (χ1n) is 12.5. The normalized spacial score (nSPS) is 11.6. The smallest absolute Gasteiger partial charge is 0.255 e. The van der Waals surface area contributed by atoms with E-state index in [1.807, 2.05) is 24.3 Å². The molecular formula is C30H28N2O6S2. The number of sulfone groups is 2. The lowest BCUT2D eigenvalue weighted by Crippen LogP contribution is -2.13. The molecule has 0 heterocycles. The van der Waals surface area contributed by atoms with E-state index in [0.717, 1.165) is 11.1 Å². The van der Waals surface area contributed by atoms with E-state index >= 15 is 0 Å². The van der Waals surface area contributed by atoms with Crippen LogP contribution in [0.2, 0.25) is 0 Å². The van der Waals surface area contributed by atoms with E-state index in [-0.39, 0.29) is 32.4 Å². The Labute approximate surface area is 233 Å². The Morgan fingerprint density at radius 3 is 1.23 bits per heavy atom. The highest BCUT2D eigenvalue weighted by molar-refractivity contribution is 7.91. The van der Waals surface area contributed by atoms with Gasteiger partial charge in [0.25, 0.3) is 11.8 Å². The lowest BCUT2D eigenvalue weighted by atomic mass is 10.0. The average Bonchev–Trinajstić information content (AvgIpc) is 2.98. The molecule has 0 spiro atoms. The van der Waals surface area contributed by atoms with Crippen molar-refractivity contribution < 1.29 is 26.4 Å². The lowest BCUT2D eigenvalue weighted by Gasteiger charge is -2.10. The van der Waals surface area contributed by atoms with Crippen LogP contribution >= 0.6 is 0 Å². The average molecular weight is 577 g/mol. The van der Waals surface area contributed by atoms with Crippen LogP contribution < -0.4 is 10.6 Å². The van der Waals surface area contributed by atoms with Gasteiger partial charge in [0.05, 0.1) is 21.3 Å². The SMILES string of the molecule is CCS(=O)(=O)c1cccc(C(=O)Nc2ccc(-c3ccc(NC(=O)c4cccc(S(=O)(=O)CC)c4)cc3)cc2)c1. The van der Waals surface area contributed by atoms with Crippen LogP contribution in [0.25, 0.3) is 11.1 Å². The van der Waals surface area contributed by atoms with Crippen LogP contribution in [0.1, 0.15) is 34.6 Å². The number of nitrogens with one attached hydrogen (secondary N) is 2. The van der Waals surface area contributed by atoms with E-state index in [0.29, 0.717) is 11.4 Å². The molecular weight excluding hydrogens is 548 g/mol. The second kappa shape index (κ2) is 11.8. The van der Waals surface area contributed by atoms with Gasteiger partial charge in [0.2, 0.25) is 0 Å². The van der Waals surface area contributed by atoms with Gasteiger partial charge in [0.1, 0.15) is 0 Å². The molecule has 40 heavy (non-hydrogen) atoms. The predicted molar refractivity (Wildman–Crippen MR) is 156 cm³/mol. The van der Waals surface area contributed by atoms with Gasteiger partial charge in [0, 0.05) is 22.5 Å². The molecule has 4 rings (SSSR count). The van der Waals surface area contributed by atoms with E-state index in [4.69, 9.17) is 0 Å². The summed E-state index contributed by atoms with van der Waals surface area (Å²) in [7, 11) is -6.84. The fourth-order valence-electron chi connectivity index (χ4n) is 3.89. The molecule has 8 nitrogen and oxygen atoms in total. The standard InChI is InChI=1S/C30H28N2O6S2/c1-3-39(35,36)27-9-5-7-23(19-27)29(33)31-25-15-11-21(12-16-25)22-13-17-26(18-14-22)32-30(34)24-8-6-10-28(20-24)40(37,38)4-2/h5-20H,3-4H2,1-2H3,(H,31,33)(H,32,34). The van der Waals surface area contributed by atoms with Crippen molar-refractivity contribution in [2.24, 2.45) is 0 Å². The second-order valence-electron chi connectivity index (χ2n) is 8.93. The van der Waals surface area contributed by atoms with Crippen LogP contribution in [0.5, 0.6) is 0 Å². The molecule has 0 aromatic heterocycles. The number of rotatable bonds is 9. The zero-order valence-electron chi connectivity index (χ0n) is 21.9. The number of hydrogen-bond acceptors (Lipinski definition) is 6. The van der Waals surface area contributed by atoms with Crippen molar-refractivity contribution in [3.8, 4) is 11.1 Å². The summed E-state index contributed by atoms with van der Waals surface area (Å²) < 4.78 is 48.5. The van der Waals surface area contributed by atoms with Crippen molar-refractivity contribution in [3.05, 3.63) is 108 Å². The molecule has 0 bridgehead atoms. The summed E-state index contributed by atoms with van der Waals surface area (Å²) in [6.45, 7) is 3.10. The molecule has 4 aromatic carbocycles. The molecule has 0 saturated heterocycles. The third-order valence-corrected chi connectivity index (χ3v) is 9.75. The summed E-state index contributed by atoms with van der Waals surface area (Å²) in [4.78, 5) is 25.6. The van der Waals surface area contributed by atoms with E-state index < -0.39 is 31.5 Å². The van der Waals surface area contributed by atoms with Crippen molar-refractivity contribution in [1.82, 2.24) is 0 Å². The second-order valence-corrected chi connectivity index (χ2v) is 13.5. The van der Waals surface area contributed by atoms with Crippen LogP contribution in [-0.2, 0) is 19.7 Å². The monoisotopic (exact) mass is 576 g/mol. The zero-order chi connectivity index (χ0) is 28.9. The van der Waals surface area contributed by atoms with Gasteiger partial charge in [-0.1, -0.05) is 50.2 Å². The van der Waals surface area contributed by atoms with Gasteiger partial charge in [0.15, 0.2) is 19.7 Å². The number of carbonyl (C=O) groups is 2. The summed E-state index contributed by atoms with van der Waals surface area (Å²) in [6.07, 6.45) is 0. The van der Waals surface area contributed by atoms with Gasteiger partial charge >= 0.3 is 0 Å². The summed E-state index contributed by atoms with van der Waals surface area (Å²) in [5, 5.41) is 5.56. The van der Waals surface area contributed by atoms with Gasteiger partial charge in [-0.25, -0.2) is 16.8 Å². The fourth-order valence-corrected chi connectivity index (χ4v) is 5.74. The Kier molecular flexibility index (Phi) is 8.51. The molecule has 0 fully saturated rings. The minimum absolute atomic E-state index is 0.0494. The number of carbonyl (C=O) groups excluding carboxylic acids is 2. The van der Waals surface area contributed by atoms with E-state index in [9.17, 15) is 26.4 Å². The predicted octanol–water partition coefficient (Wildman–Crippen LogP) is 5.45. The molecule has 10 heteroatoms. The molecule has 0 radical (unpaired) electrons. The van der Waals surface area contributed by atoms with Crippen LogP contribution in [0, 0.1) is 0 Å². The van der Waals surface area contributed by atoms with Gasteiger partial charge < -0.3 is 10.6 Å². The summed E-state index contributed by atoms with van der Waals surface area (Å²) in [6, 6.07) is 26.2. The molecule has 2 amide bonds. The number of amides is 2. The Hall–Kier alpha value is -4.28. The van der Waals surface area contributed by atoms with Crippen LogP contribution in [0.4, 0.5) is 11.4 Å². The molecule has 2 N–H and O–H groups in total. The lowest BCUT2D eigenvalue weighted by molar-refractivity contribution is 0.101. The Bertz CT molecular complexity index is 1630. The molecule has 4 aromatic rings. The highest BCUT2D eigenvalue weighted by Crippen LogP contribution is 2.24. The third kappa shape index (κ3) is 6.64. The molecule has 0 aliphatic heterocycles. The van der Waals surface area contributed by atoms with Crippen molar-refractivity contribution in [2.45, 2.75) is 23.6 Å². The first kappa shape index (κ1) is 28.7. The van der Waals surface area contributed by atoms with Gasteiger partial charge in [-0.2, -0.15) is 0 Å². The van der Waals surface area contributed by atoms with Crippen molar-refractivity contribution >= 4 is 42.9 Å². The third-order valence-electron chi connectivity index (χ3n) is 6.29. The highest BCUT2D eigenvalue weighted by atomic mass is 32.2. The minimum Gasteiger partial charge on any atom is -0.322 e. The van der Waals surface area contributed by atoms with E-state index in [2.05, 4.69) is 10.6 Å². The number of benzene rings is 4. The van der Waals surface area contributed by atoms with Crippen molar-refractivity contribution in [3.63, 3.8) is 0 Å². The Balaban J connectivity index is 1.41. The highest BCUT2D eigenvalue weighted by Gasteiger charge is 2.16. The zero-order valence-corrected chi connectivity index (χ0v) is 23.6. The Morgan fingerprint density at radius 2 is 0.900 bits per heavy atom. The maximum absolute atomic E-state index is 12.7. The minimum atomic E-state index is -3.42. The largest absolute Gasteiger partial charge is 0.322 e. The van der Waals surface area contributed by atoms with Crippen LogP contribution in [0.3, 0.4) is 0 Å². The first-order chi connectivity index (χ1) is 19.0. The summed E-state index contributed by atoms with van der Waals surface area (Å²) >= 11 is 0. The summed E-state index contributed by atoms with van der Waals surface area (Å²) in [5.74, 6) is -0.934. The van der Waals surface area contributed by atoms with Crippen molar-refractivity contribution in [2.75, 3.05) is 22.1 Å². The molecule has 0 aliphatic rings. The van der Waals surface area contributed by atoms with Gasteiger partial charge in [-0.3, -0.25) is 9.59 Å². The number of hydrogen-bond donors (Lipinski definition) is 2. The molecule has 0 unspecified atom stereocenters. The van der Waals surface area contributed by atoms with E-state index in [1.165, 1.54) is 24.3 Å². The maximum Gasteiger partial charge on any atom is 0.255 e. The molecule has 0 atom stereocenters. The van der Waals surface area contributed by atoms with Gasteiger partial charge in [-0.05, 0) is 71.8 Å². The quantitative estimate of drug-likeness (QED) is 0.273. The number of anilines is 2. The van der Waals surface area contributed by atoms with E-state index in [1.54, 1.807) is 62.4 Å². The molecule has 0 saturated carbocycles. The summed E-state index contributed by atoms with van der Waals surface area (Å²) in [5.41, 5.74) is 3.35. The maximum atomic E-state index is 12.7. The fraction of sp³-hybridized carbons (Fsp3) is 0.133. The van der Waals surface area contributed by atoms with Gasteiger partial charge in [-0.15, -0.1) is 0 Å². The van der Waals surface area contributed by atoms with Crippen LogP contribution in [0.15, 0.2) is 107 Å². The topological polar surface area (TPSA) is 126 Å². The molecule has 206 valence electrons.